The number of aromatic nitrogens is 1. The number of amides is 2. The van der Waals surface area contributed by atoms with Crippen molar-refractivity contribution in [3.63, 3.8) is 0 Å². The largest absolute Gasteiger partial charge is 0.381 e. The van der Waals surface area contributed by atoms with E-state index in [0.29, 0.717) is 25.5 Å². The summed E-state index contributed by atoms with van der Waals surface area (Å²) in [6, 6.07) is 7.35. The van der Waals surface area contributed by atoms with E-state index < -0.39 is 6.04 Å². The Morgan fingerprint density at radius 3 is 2.96 bits per heavy atom. The molecule has 2 amide bonds. The van der Waals surface area contributed by atoms with Crippen LogP contribution in [-0.4, -0.2) is 42.6 Å². The minimum atomic E-state index is -0.580. The van der Waals surface area contributed by atoms with E-state index in [1.54, 1.807) is 0 Å². The monoisotopic (exact) mass is 329 g/mol. The third-order valence-corrected chi connectivity index (χ3v) is 4.38. The average Bonchev–Trinajstić information content (AvgIpc) is 3.22. The fourth-order valence-corrected chi connectivity index (χ4v) is 3.09. The first-order valence-electron chi connectivity index (χ1n) is 8.31. The molecular formula is C18H23N3O3. The van der Waals surface area contributed by atoms with Crippen LogP contribution in [0, 0.1) is 5.92 Å². The zero-order chi connectivity index (χ0) is 16.9. The van der Waals surface area contributed by atoms with Gasteiger partial charge in [0.05, 0.1) is 6.61 Å². The summed E-state index contributed by atoms with van der Waals surface area (Å²) in [7, 11) is 0. The first kappa shape index (κ1) is 16.5. The second-order valence-electron chi connectivity index (χ2n) is 6.29. The Kier molecular flexibility index (Phi) is 5.15. The maximum atomic E-state index is 12.5. The summed E-state index contributed by atoms with van der Waals surface area (Å²) in [5.74, 6) is 0.00147. The molecular weight excluding hydrogens is 306 g/mol. The van der Waals surface area contributed by atoms with Crippen LogP contribution in [0.4, 0.5) is 0 Å². The molecule has 2 atom stereocenters. The lowest BCUT2D eigenvalue weighted by Crippen LogP contribution is -2.48. The van der Waals surface area contributed by atoms with Gasteiger partial charge in [0, 0.05) is 49.5 Å². The molecule has 6 heteroatoms. The number of carbonyl (C=O) groups excluding carboxylic acids is 2. The minimum absolute atomic E-state index is 0.151. The zero-order valence-corrected chi connectivity index (χ0v) is 13.8. The molecule has 0 saturated carbocycles. The predicted octanol–water partition coefficient (Wildman–Crippen LogP) is 1.37. The van der Waals surface area contributed by atoms with E-state index in [1.165, 1.54) is 6.92 Å². The van der Waals surface area contributed by atoms with Gasteiger partial charge in [0.25, 0.3) is 0 Å². The fourth-order valence-electron chi connectivity index (χ4n) is 3.09. The van der Waals surface area contributed by atoms with E-state index in [2.05, 4.69) is 15.6 Å². The molecule has 2 unspecified atom stereocenters. The molecule has 1 aromatic carbocycles. The van der Waals surface area contributed by atoms with Gasteiger partial charge in [0.15, 0.2) is 0 Å². The predicted molar refractivity (Wildman–Crippen MR) is 91.5 cm³/mol. The highest BCUT2D eigenvalue weighted by Gasteiger charge is 2.23. The number of carbonyl (C=O) groups is 2. The van der Waals surface area contributed by atoms with Crippen molar-refractivity contribution in [3.05, 3.63) is 36.0 Å². The van der Waals surface area contributed by atoms with E-state index >= 15 is 0 Å². The highest BCUT2D eigenvalue weighted by molar-refractivity contribution is 5.89. The second kappa shape index (κ2) is 7.49. The molecule has 24 heavy (non-hydrogen) atoms. The standard InChI is InChI=1S/C18H23N3O3/c1-12(22)21-17(18(23)20-9-13-6-7-24-11-13)8-14-10-19-16-5-3-2-4-15(14)16/h2-5,10,13,17,19H,6-9,11H2,1H3,(H,20,23)(H,21,22). The number of H-pyrrole nitrogens is 1. The lowest BCUT2D eigenvalue weighted by Gasteiger charge is -2.18. The summed E-state index contributed by atoms with van der Waals surface area (Å²) < 4.78 is 5.32. The Morgan fingerprint density at radius 2 is 2.21 bits per heavy atom. The van der Waals surface area contributed by atoms with Crippen molar-refractivity contribution >= 4 is 22.7 Å². The summed E-state index contributed by atoms with van der Waals surface area (Å²) in [4.78, 5) is 27.2. The SMILES string of the molecule is CC(=O)NC(Cc1c[nH]c2ccccc12)C(=O)NCC1CCOC1. The molecule has 2 heterocycles. The van der Waals surface area contributed by atoms with Gasteiger partial charge in [-0.25, -0.2) is 0 Å². The van der Waals surface area contributed by atoms with Gasteiger partial charge in [-0.1, -0.05) is 18.2 Å². The van der Waals surface area contributed by atoms with Crippen molar-refractivity contribution in [2.75, 3.05) is 19.8 Å². The van der Waals surface area contributed by atoms with Crippen molar-refractivity contribution in [1.29, 1.82) is 0 Å². The molecule has 2 aromatic rings. The number of hydrogen-bond donors (Lipinski definition) is 3. The molecule has 0 aliphatic carbocycles. The fraction of sp³-hybridized carbons (Fsp3) is 0.444. The third-order valence-electron chi connectivity index (χ3n) is 4.38. The van der Waals surface area contributed by atoms with Crippen LogP contribution in [0.25, 0.3) is 10.9 Å². The number of aromatic amines is 1. The maximum absolute atomic E-state index is 12.5. The first-order valence-corrected chi connectivity index (χ1v) is 8.31. The topological polar surface area (TPSA) is 83.2 Å². The highest BCUT2D eigenvalue weighted by Crippen LogP contribution is 2.19. The van der Waals surface area contributed by atoms with Gasteiger partial charge < -0.3 is 20.4 Å². The van der Waals surface area contributed by atoms with Gasteiger partial charge in [0.1, 0.15) is 6.04 Å². The van der Waals surface area contributed by atoms with Crippen molar-refractivity contribution in [2.24, 2.45) is 5.92 Å². The number of nitrogens with one attached hydrogen (secondary N) is 3. The Hall–Kier alpha value is -2.34. The molecule has 1 aromatic heterocycles. The van der Waals surface area contributed by atoms with Gasteiger partial charge in [0.2, 0.25) is 11.8 Å². The number of ether oxygens (including phenoxy) is 1. The number of benzene rings is 1. The third kappa shape index (κ3) is 3.94. The first-order chi connectivity index (χ1) is 11.6. The normalized spacial score (nSPS) is 18.5. The molecule has 0 spiro atoms. The van der Waals surface area contributed by atoms with E-state index in [4.69, 9.17) is 4.74 Å². The average molecular weight is 329 g/mol. The van der Waals surface area contributed by atoms with Crippen LogP contribution in [-0.2, 0) is 20.7 Å². The quantitative estimate of drug-likeness (QED) is 0.748. The molecule has 0 radical (unpaired) electrons. The summed E-state index contributed by atoms with van der Waals surface area (Å²) in [6.07, 6.45) is 3.32. The van der Waals surface area contributed by atoms with Crippen LogP contribution in [0.2, 0.25) is 0 Å². The van der Waals surface area contributed by atoms with Crippen LogP contribution in [0.3, 0.4) is 0 Å². The van der Waals surface area contributed by atoms with Crippen molar-refractivity contribution < 1.29 is 14.3 Å². The van der Waals surface area contributed by atoms with Crippen LogP contribution in [0.1, 0.15) is 18.9 Å². The molecule has 3 N–H and O–H groups in total. The summed E-state index contributed by atoms with van der Waals surface area (Å²) >= 11 is 0. The van der Waals surface area contributed by atoms with Crippen molar-refractivity contribution in [2.45, 2.75) is 25.8 Å². The van der Waals surface area contributed by atoms with Gasteiger partial charge >= 0.3 is 0 Å². The molecule has 1 aliphatic heterocycles. The number of fused-ring (bicyclic) bond motifs is 1. The molecule has 128 valence electrons. The van der Waals surface area contributed by atoms with Gasteiger partial charge in [-0.2, -0.15) is 0 Å². The van der Waals surface area contributed by atoms with Gasteiger partial charge in [-0.05, 0) is 18.1 Å². The van der Waals surface area contributed by atoms with E-state index in [1.807, 2.05) is 30.5 Å². The zero-order valence-electron chi connectivity index (χ0n) is 13.8. The molecule has 6 nitrogen and oxygen atoms in total. The maximum Gasteiger partial charge on any atom is 0.242 e. The van der Waals surface area contributed by atoms with E-state index in [-0.39, 0.29) is 11.8 Å². The smallest absolute Gasteiger partial charge is 0.242 e. The van der Waals surface area contributed by atoms with Crippen molar-refractivity contribution in [3.8, 4) is 0 Å². The Balaban J connectivity index is 1.68. The molecule has 0 bridgehead atoms. The van der Waals surface area contributed by atoms with Crippen LogP contribution in [0.15, 0.2) is 30.5 Å². The van der Waals surface area contributed by atoms with Crippen LogP contribution < -0.4 is 10.6 Å². The van der Waals surface area contributed by atoms with Crippen LogP contribution in [0.5, 0.6) is 0 Å². The van der Waals surface area contributed by atoms with E-state index in [0.717, 1.165) is 29.5 Å². The number of para-hydroxylation sites is 1. The van der Waals surface area contributed by atoms with E-state index in [9.17, 15) is 9.59 Å². The lowest BCUT2D eigenvalue weighted by atomic mass is 10.0. The summed E-state index contributed by atoms with van der Waals surface area (Å²) in [6.45, 7) is 3.46. The Bertz CT molecular complexity index is 719. The van der Waals surface area contributed by atoms with Crippen molar-refractivity contribution in [1.82, 2.24) is 15.6 Å². The lowest BCUT2D eigenvalue weighted by molar-refractivity contribution is -0.128. The Morgan fingerprint density at radius 1 is 1.38 bits per heavy atom. The highest BCUT2D eigenvalue weighted by atomic mass is 16.5. The summed E-state index contributed by atoms with van der Waals surface area (Å²) in [5.41, 5.74) is 2.04. The Labute approximate surface area is 141 Å². The minimum Gasteiger partial charge on any atom is -0.381 e. The number of rotatable bonds is 6. The van der Waals surface area contributed by atoms with Gasteiger partial charge in [-0.3, -0.25) is 9.59 Å². The number of hydrogen-bond acceptors (Lipinski definition) is 3. The molecule has 1 saturated heterocycles. The molecule has 1 fully saturated rings. The molecule has 1 aliphatic rings. The van der Waals surface area contributed by atoms with Crippen LogP contribution >= 0.6 is 0 Å². The molecule has 3 rings (SSSR count). The van der Waals surface area contributed by atoms with Gasteiger partial charge in [-0.15, -0.1) is 0 Å². The summed E-state index contributed by atoms with van der Waals surface area (Å²) in [5, 5.41) is 6.78. The second-order valence-corrected chi connectivity index (χ2v) is 6.29.